The van der Waals surface area contributed by atoms with Gasteiger partial charge in [-0.3, -0.25) is 4.90 Å². The maximum absolute atomic E-state index is 9.75. The van der Waals surface area contributed by atoms with Crippen molar-refractivity contribution in [3.8, 4) is 0 Å². The van der Waals surface area contributed by atoms with Crippen molar-refractivity contribution in [2.24, 2.45) is 4.99 Å². The SMILES string of the molecule is CCC(OC)C1=NC=C[NH+]1C.F[B-](F)(F)F. The summed E-state index contributed by atoms with van der Waals surface area (Å²) in [5.41, 5.74) is 0. The van der Waals surface area contributed by atoms with Crippen LogP contribution in [0.2, 0.25) is 0 Å². The van der Waals surface area contributed by atoms with Gasteiger partial charge in [-0.1, -0.05) is 6.92 Å². The fraction of sp³-hybridized carbons (Fsp3) is 0.625. The molecule has 0 saturated heterocycles. The molecule has 1 rings (SSSR count). The predicted octanol–water partition coefficient (Wildman–Crippen LogP) is 1.11. The van der Waals surface area contributed by atoms with Crippen LogP contribution in [0.1, 0.15) is 13.3 Å². The molecule has 1 aliphatic heterocycles. The minimum absolute atomic E-state index is 0.171. The summed E-state index contributed by atoms with van der Waals surface area (Å²) in [7, 11) is -2.22. The van der Waals surface area contributed by atoms with Crippen LogP contribution in [0.4, 0.5) is 17.3 Å². The van der Waals surface area contributed by atoms with Crippen LogP contribution in [-0.4, -0.2) is 33.4 Å². The molecule has 1 heterocycles. The number of quaternary nitrogens is 1. The zero-order valence-electron chi connectivity index (χ0n) is 9.38. The molecule has 8 heteroatoms. The standard InChI is InChI=1S/C8H14N2O.BF4/c1-4-7(11-3)8-9-5-6-10(8)2;2-1(3,4)5/h5-7H,4H2,1-3H3;/q;-1/p+1. The number of methoxy groups -OCH3 is 1. The maximum Gasteiger partial charge on any atom is 0.673 e. The van der Waals surface area contributed by atoms with E-state index in [9.17, 15) is 17.3 Å². The number of likely N-dealkylation sites (N-methyl/N-ethyl adjacent to an activating group) is 1. The number of halogens is 4. The number of nitrogens with one attached hydrogen (secondary N) is 1. The van der Waals surface area contributed by atoms with Gasteiger partial charge in [0.25, 0.3) is 0 Å². The monoisotopic (exact) mass is 242 g/mol. The van der Waals surface area contributed by atoms with Crippen LogP contribution < -0.4 is 4.90 Å². The zero-order chi connectivity index (χ0) is 12.8. The Morgan fingerprint density at radius 1 is 1.44 bits per heavy atom. The van der Waals surface area contributed by atoms with Crippen molar-refractivity contribution in [1.82, 2.24) is 0 Å². The molecule has 0 fully saturated rings. The van der Waals surface area contributed by atoms with E-state index in [1.54, 1.807) is 7.11 Å². The van der Waals surface area contributed by atoms with Gasteiger partial charge in [-0.25, -0.2) is 4.99 Å². The Labute approximate surface area is 91.9 Å². The molecule has 2 unspecified atom stereocenters. The number of ether oxygens (including phenoxy) is 1. The van der Waals surface area contributed by atoms with Crippen molar-refractivity contribution in [3.05, 3.63) is 12.4 Å². The molecule has 0 spiro atoms. The molecular formula is C8H15BF4N2O. The van der Waals surface area contributed by atoms with E-state index in [0.717, 1.165) is 12.3 Å². The summed E-state index contributed by atoms with van der Waals surface area (Å²) < 4.78 is 44.3. The van der Waals surface area contributed by atoms with Crippen molar-refractivity contribution in [3.63, 3.8) is 0 Å². The first-order valence-corrected chi connectivity index (χ1v) is 4.77. The van der Waals surface area contributed by atoms with Crippen LogP contribution in [0, 0.1) is 0 Å². The van der Waals surface area contributed by atoms with Gasteiger partial charge in [0.2, 0.25) is 5.84 Å². The van der Waals surface area contributed by atoms with Gasteiger partial charge in [-0.15, -0.1) is 0 Å². The Morgan fingerprint density at radius 2 is 1.94 bits per heavy atom. The van der Waals surface area contributed by atoms with Gasteiger partial charge in [0.15, 0.2) is 6.10 Å². The van der Waals surface area contributed by atoms with Gasteiger partial charge in [0.05, 0.1) is 13.2 Å². The molecule has 1 aliphatic rings. The molecule has 3 nitrogen and oxygen atoms in total. The minimum atomic E-state index is -6.00. The van der Waals surface area contributed by atoms with E-state index in [2.05, 4.69) is 19.0 Å². The number of aliphatic imine (C=N–C) groups is 1. The predicted molar refractivity (Wildman–Crippen MR) is 54.7 cm³/mol. The summed E-state index contributed by atoms with van der Waals surface area (Å²) in [4.78, 5) is 5.45. The van der Waals surface area contributed by atoms with Crippen LogP contribution in [0.15, 0.2) is 17.4 Å². The second kappa shape index (κ2) is 6.64. The number of hydrogen-bond donors (Lipinski definition) is 1. The average molecular weight is 242 g/mol. The molecule has 1 N–H and O–H groups in total. The average Bonchev–Trinajstić information content (AvgIpc) is 2.52. The van der Waals surface area contributed by atoms with E-state index in [1.807, 2.05) is 12.4 Å². The first-order chi connectivity index (χ1) is 7.29. The molecule has 0 saturated carbocycles. The number of amidine groups is 1. The van der Waals surface area contributed by atoms with Gasteiger partial charge < -0.3 is 22.0 Å². The highest BCUT2D eigenvalue weighted by molar-refractivity contribution is 6.50. The van der Waals surface area contributed by atoms with Crippen LogP contribution in [0.5, 0.6) is 0 Å². The van der Waals surface area contributed by atoms with Crippen molar-refractivity contribution in [2.45, 2.75) is 19.4 Å². The lowest BCUT2D eigenvalue weighted by Gasteiger charge is -2.14. The number of rotatable bonds is 3. The van der Waals surface area contributed by atoms with Gasteiger partial charge >= 0.3 is 7.25 Å². The minimum Gasteiger partial charge on any atom is -0.418 e. The molecule has 0 aromatic carbocycles. The lowest BCUT2D eigenvalue weighted by atomic mass is 10.2. The quantitative estimate of drug-likeness (QED) is 0.582. The smallest absolute Gasteiger partial charge is 0.418 e. The Kier molecular flexibility index (Phi) is 6.28. The largest absolute Gasteiger partial charge is 0.673 e. The number of hydrogen-bond acceptors (Lipinski definition) is 2. The normalized spacial score (nSPS) is 21.2. The lowest BCUT2D eigenvalue weighted by Crippen LogP contribution is -3.07. The first kappa shape index (κ1) is 15.1. The number of nitrogens with zero attached hydrogens (tertiary/aromatic N) is 1. The Bertz CT molecular complexity index is 257. The maximum atomic E-state index is 9.75. The van der Waals surface area contributed by atoms with Crippen LogP contribution in [0.25, 0.3) is 0 Å². The van der Waals surface area contributed by atoms with E-state index in [1.165, 1.54) is 4.90 Å². The van der Waals surface area contributed by atoms with E-state index in [-0.39, 0.29) is 6.10 Å². The molecule has 0 aliphatic carbocycles. The molecule has 0 bridgehead atoms. The van der Waals surface area contributed by atoms with Crippen molar-refractivity contribution in [1.29, 1.82) is 0 Å². The summed E-state index contributed by atoms with van der Waals surface area (Å²) in [5, 5.41) is 0. The third kappa shape index (κ3) is 6.57. The fourth-order valence-corrected chi connectivity index (χ4v) is 1.23. The molecular weight excluding hydrogens is 227 g/mol. The molecule has 0 radical (unpaired) electrons. The van der Waals surface area contributed by atoms with Crippen molar-refractivity contribution < 1.29 is 26.9 Å². The fourth-order valence-electron chi connectivity index (χ4n) is 1.23. The van der Waals surface area contributed by atoms with Crippen LogP contribution >= 0.6 is 0 Å². The molecule has 94 valence electrons. The summed E-state index contributed by atoms with van der Waals surface area (Å²) >= 11 is 0. The highest BCUT2D eigenvalue weighted by Gasteiger charge is 2.23. The van der Waals surface area contributed by atoms with Crippen molar-refractivity contribution in [2.75, 3.05) is 14.2 Å². The van der Waals surface area contributed by atoms with E-state index in [4.69, 9.17) is 4.74 Å². The molecule has 0 aromatic rings. The second-order valence-corrected chi connectivity index (χ2v) is 3.14. The summed E-state index contributed by atoms with van der Waals surface area (Å²) in [6, 6.07) is 0. The summed E-state index contributed by atoms with van der Waals surface area (Å²) in [5.74, 6) is 1.08. The lowest BCUT2D eigenvalue weighted by molar-refractivity contribution is -0.721. The van der Waals surface area contributed by atoms with Crippen LogP contribution in [0.3, 0.4) is 0 Å². The van der Waals surface area contributed by atoms with Gasteiger partial charge in [0.1, 0.15) is 6.20 Å². The van der Waals surface area contributed by atoms with Gasteiger partial charge in [-0.05, 0) is 6.42 Å². The Morgan fingerprint density at radius 3 is 2.19 bits per heavy atom. The van der Waals surface area contributed by atoms with Crippen molar-refractivity contribution >= 4 is 13.1 Å². The van der Waals surface area contributed by atoms with Gasteiger partial charge in [0, 0.05) is 7.11 Å². The molecule has 16 heavy (non-hydrogen) atoms. The Hall–Kier alpha value is -0.885. The second-order valence-electron chi connectivity index (χ2n) is 3.14. The third-order valence-electron chi connectivity index (χ3n) is 1.90. The van der Waals surface area contributed by atoms with Gasteiger partial charge in [-0.2, -0.15) is 0 Å². The highest BCUT2D eigenvalue weighted by Crippen LogP contribution is 2.06. The molecule has 0 amide bonds. The summed E-state index contributed by atoms with van der Waals surface area (Å²) in [6.45, 7) is 2.10. The molecule has 0 aromatic heterocycles. The molecule has 2 atom stereocenters. The van der Waals surface area contributed by atoms with E-state index >= 15 is 0 Å². The van der Waals surface area contributed by atoms with E-state index < -0.39 is 7.25 Å². The summed E-state index contributed by atoms with van der Waals surface area (Å²) in [6.07, 6.45) is 4.99. The first-order valence-electron chi connectivity index (χ1n) is 4.77. The van der Waals surface area contributed by atoms with E-state index in [0.29, 0.717) is 0 Å². The zero-order valence-corrected chi connectivity index (χ0v) is 9.38. The topological polar surface area (TPSA) is 26.0 Å². The highest BCUT2D eigenvalue weighted by atomic mass is 19.5. The Balaban J connectivity index is 0.000000385. The third-order valence-corrected chi connectivity index (χ3v) is 1.90. The van der Waals surface area contributed by atoms with Crippen LogP contribution in [-0.2, 0) is 4.74 Å².